The van der Waals surface area contributed by atoms with Crippen molar-refractivity contribution in [1.29, 1.82) is 0 Å². The van der Waals surface area contributed by atoms with Crippen molar-refractivity contribution in [3.05, 3.63) is 47.0 Å². The summed E-state index contributed by atoms with van der Waals surface area (Å²) in [6.45, 7) is 6.15. The molecule has 2 saturated carbocycles. The predicted molar refractivity (Wildman–Crippen MR) is 144 cm³/mol. The molecule has 2 bridgehead atoms. The third kappa shape index (κ3) is 3.51. The van der Waals surface area contributed by atoms with Gasteiger partial charge in [0.1, 0.15) is 24.4 Å². The monoisotopic (exact) mass is 600 g/mol. The summed E-state index contributed by atoms with van der Waals surface area (Å²) in [4.78, 5) is 53.0. The first-order valence-corrected chi connectivity index (χ1v) is 14.3. The molecule has 232 valence electrons. The van der Waals surface area contributed by atoms with E-state index in [0.29, 0.717) is 0 Å². The number of cyclic esters (lactones) is 1. The van der Waals surface area contributed by atoms with Gasteiger partial charge in [0.15, 0.2) is 11.2 Å². The number of carbonyl (C=O) groups is 4. The molecule has 0 spiro atoms. The lowest BCUT2D eigenvalue weighted by Crippen LogP contribution is -2.89. The van der Waals surface area contributed by atoms with E-state index in [4.69, 9.17) is 23.7 Å². The van der Waals surface area contributed by atoms with E-state index in [2.05, 4.69) is 0 Å². The number of carbonyl (C=O) groups excluding carboxylic acids is 4. The Balaban J connectivity index is 1.71. The van der Waals surface area contributed by atoms with Crippen molar-refractivity contribution in [2.75, 3.05) is 13.2 Å². The number of rotatable bonds is 5. The molecule has 2 heterocycles. The first-order chi connectivity index (χ1) is 20.1. The largest absolute Gasteiger partial charge is 0.465 e. The molecule has 3 N–H and O–H groups in total. The van der Waals surface area contributed by atoms with Crippen LogP contribution in [0.1, 0.15) is 57.8 Å². The Morgan fingerprint density at radius 2 is 1.74 bits per heavy atom. The number of aliphatic hydroxyl groups excluding tert-OH is 2. The SMILES string of the molecule is CC(=O)OC[C@@]12[C@H]([C@H](OC(=O)c3ccccc3)[C@@]34C[C@H](O)C(C)=C3[C@]1(O)C(=O)OC4(C)C)[C@]1(OC(C)=O)CO[C@@H]1C[C@@H]2O. The lowest BCUT2D eigenvalue weighted by Gasteiger charge is -2.74. The van der Waals surface area contributed by atoms with Gasteiger partial charge in [-0.25, -0.2) is 9.59 Å². The van der Waals surface area contributed by atoms with E-state index in [9.17, 15) is 34.5 Å². The molecule has 0 aromatic heterocycles. The van der Waals surface area contributed by atoms with Crippen LogP contribution in [-0.2, 0) is 38.1 Å². The van der Waals surface area contributed by atoms with Gasteiger partial charge >= 0.3 is 23.9 Å². The van der Waals surface area contributed by atoms with E-state index in [1.165, 1.54) is 6.92 Å². The topological polar surface area (TPSA) is 175 Å². The lowest BCUT2D eigenvalue weighted by atomic mass is 9.37. The van der Waals surface area contributed by atoms with Crippen LogP contribution in [0.2, 0.25) is 0 Å². The second kappa shape index (κ2) is 9.34. The lowest BCUT2D eigenvalue weighted by molar-refractivity contribution is -0.388. The van der Waals surface area contributed by atoms with Gasteiger partial charge in [0.05, 0.1) is 41.1 Å². The van der Waals surface area contributed by atoms with Gasteiger partial charge in [0, 0.05) is 20.3 Å². The molecule has 3 aliphatic carbocycles. The van der Waals surface area contributed by atoms with Crippen LogP contribution in [-0.4, -0.2) is 93.6 Å². The van der Waals surface area contributed by atoms with Gasteiger partial charge in [-0.15, -0.1) is 0 Å². The molecular weight excluding hydrogens is 564 g/mol. The maximum absolute atomic E-state index is 14.2. The molecule has 1 aromatic rings. The molecule has 2 aliphatic heterocycles. The average molecular weight is 601 g/mol. The number of aliphatic hydroxyl groups is 3. The van der Waals surface area contributed by atoms with Crippen molar-refractivity contribution in [3.63, 3.8) is 0 Å². The van der Waals surface area contributed by atoms with Crippen molar-refractivity contribution in [3.8, 4) is 0 Å². The normalized spacial score (nSPS) is 42.0. The summed E-state index contributed by atoms with van der Waals surface area (Å²) >= 11 is 0. The van der Waals surface area contributed by atoms with Crippen molar-refractivity contribution >= 4 is 23.9 Å². The van der Waals surface area contributed by atoms with Gasteiger partial charge in [-0.2, -0.15) is 0 Å². The highest BCUT2D eigenvalue weighted by Crippen LogP contribution is 2.75. The molecule has 12 heteroatoms. The molecule has 6 rings (SSSR count). The Labute approximate surface area is 247 Å². The summed E-state index contributed by atoms with van der Waals surface area (Å²) in [5.74, 6) is -4.74. The fourth-order valence-electron chi connectivity index (χ4n) is 8.88. The van der Waals surface area contributed by atoms with Gasteiger partial charge in [-0.1, -0.05) is 18.2 Å². The zero-order valence-corrected chi connectivity index (χ0v) is 24.6. The minimum absolute atomic E-state index is 0.0405. The molecule has 0 unspecified atom stereocenters. The summed E-state index contributed by atoms with van der Waals surface area (Å²) in [6.07, 6.45) is -5.44. The number of ether oxygens (including phenoxy) is 5. The Bertz CT molecular complexity index is 1440. The highest BCUT2D eigenvalue weighted by molar-refractivity contribution is 5.92. The number of esters is 4. The zero-order chi connectivity index (χ0) is 31.3. The van der Waals surface area contributed by atoms with Crippen LogP contribution in [0.15, 0.2) is 41.5 Å². The highest BCUT2D eigenvalue weighted by Gasteiger charge is 2.89. The summed E-state index contributed by atoms with van der Waals surface area (Å²) in [5, 5.41) is 36.3. The second-order valence-corrected chi connectivity index (χ2v) is 12.9. The Hall–Kier alpha value is -3.32. The molecule has 5 aliphatic rings. The van der Waals surface area contributed by atoms with E-state index in [1.807, 2.05) is 0 Å². The van der Waals surface area contributed by atoms with E-state index in [1.54, 1.807) is 51.1 Å². The van der Waals surface area contributed by atoms with Gasteiger partial charge in [0.25, 0.3) is 0 Å². The highest BCUT2D eigenvalue weighted by atomic mass is 16.6. The number of benzene rings is 1. The van der Waals surface area contributed by atoms with E-state index in [-0.39, 0.29) is 36.2 Å². The standard InChI is InChI=1S/C31H36O12/c1-15-19(34)12-28-22(15)31(38,26(37)43-27(28,4)5)29(13-39-16(2)32)20(35)11-21-30(14-40-21,42-17(3)33)23(29)24(28)41-25(36)18-9-7-6-8-10-18/h6-10,19-21,23-24,34-35,38H,11-14H2,1-5H3/t19-,20-,21+,23-,24-,28+,29+,30-,31-/m0/s1. The van der Waals surface area contributed by atoms with Crippen LogP contribution < -0.4 is 0 Å². The molecule has 9 atom stereocenters. The maximum atomic E-state index is 14.2. The van der Waals surface area contributed by atoms with Gasteiger partial charge in [-0.05, 0) is 50.5 Å². The molecule has 1 aromatic carbocycles. The maximum Gasteiger partial charge on any atom is 0.343 e. The van der Waals surface area contributed by atoms with Crippen molar-refractivity contribution in [1.82, 2.24) is 0 Å². The smallest absolute Gasteiger partial charge is 0.343 e. The van der Waals surface area contributed by atoms with Crippen molar-refractivity contribution < 1.29 is 58.2 Å². The number of hydrogen-bond acceptors (Lipinski definition) is 12. The third-order valence-electron chi connectivity index (χ3n) is 10.7. The van der Waals surface area contributed by atoms with Crippen LogP contribution in [0, 0.1) is 16.7 Å². The quantitative estimate of drug-likeness (QED) is 0.249. The first-order valence-electron chi connectivity index (χ1n) is 14.3. The number of fused-ring (bicyclic) bond motifs is 4. The van der Waals surface area contributed by atoms with Crippen molar-refractivity contribution in [2.45, 2.75) is 88.7 Å². The Morgan fingerprint density at radius 3 is 2.33 bits per heavy atom. The Morgan fingerprint density at radius 1 is 1.07 bits per heavy atom. The Kier molecular flexibility index (Phi) is 6.46. The molecule has 0 radical (unpaired) electrons. The molecule has 43 heavy (non-hydrogen) atoms. The molecular formula is C31H36O12. The van der Waals surface area contributed by atoms with E-state index in [0.717, 1.165) is 6.92 Å². The first kappa shape index (κ1) is 29.7. The summed E-state index contributed by atoms with van der Waals surface area (Å²) in [6, 6.07) is 8.14. The minimum atomic E-state index is -2.69. The fraction of sp³-hybridized carbons (Fsp3) is 0.613. The zero-order valence-electron chi connectivity index (χ0n) is 24.6. The van der Waals surface area contributed by atoms with Gasteiger partial charge in [-0.3, -0.25) is 9.59 Å². The molecule has 4 fully saturated rings. The van der Waals surface area contributed by atoms with Crippen LogP contribution in [0.5, 0.6) is 0 Å². The summed E-state index contributed by atoms with van der Waals surface area (Å²) in [5.41, 5.74) is -9.03. The summed E-state index contributed by atoms with van der Waals surface area (Å²) < 4.78 is 29.7. The second-order valence-electron chi connectivity index (χ2n) is 12.9. The van der Waals surface area contributed by atoms with Crippen LogP contribution >= 0.6 is 0 Å². The van der Waals surface area contributed by atoms with Crippen LogP contribution in [0.3, 0.4) is 0 Å². The van der Waals surface area contributed by atoms with Crippen LogP contribution in [0.25, 0.3) is 0 Å². The average Bonchev–Trinajstić information content (AvgIpc) is 3.21. The fourth-order valence-corrected chi connectivity index (χ4v) is 8.88. The van der Waals surface area contributed by atoms with E-state index >= 15 is 0 Å². The van der Waals surface area contributed by atoms with Gasteiger partial charge < -0.3 is 39.0 Å². The molecule has 12 nitrogen and oxygen atoms in total. The third-order valence-corrected chi connectivity index (χ3v) is 10.7. The molecule has 0 amide bonds. The van der Waals surface area contributed by atoms with E-state index < -0.39 is 88.5 Å². The number of hydrogen-bond donors (Lipinski definition) is 3. The molecule has 2 saturated heterocycles. The van der Waals surface area contributed by atoms with Crippen LogP contribution in [0.4, 0.5) is 0 Å². The minimum Gasteiger partial charge on any atom is -0.465 e. The predicted octanol–water partition coefficient (Wildman–Crippen LogP) is 0.991. The summed E-state index contributed by atoms with van der Waals surface area (Å²) in [7, 11) is 0. The van der Waals surface area contributed by atoms with Gasteiger partial charge in [0.2, 0.25) is 0 Å². The van der Waals surface area contributed by atoms with Crippen molar-refractivity contribution in [2.24, 2.45) is 16.7 Å².